The van der Waals surface area contributed by atoms with Gasteiger partial charge in [0.15, 0.2) is 0 Å². The molecule has 0 saturated carbocycles. The number of hydrogen-bond donors (Lipinski definition) is 3. The molecule has 0 spiro atoms. The van der Waals surface area contributed by atoms with Crippen molar-refractivity contribution in [2.75, 3.05) is 19.8 Å². The number of phenols is 1. The highest BCUT2D eigenvalue weighted by Gasteiger charge is 2.13. The third kappa shape index (κ3) is 7.68. The zero-order chi connectivity index (χ0) is 15.7. The second kappa shape index (κ2) is 9.37. The van der Waals surface area contributed by atoms with Gasteiger partial charge in [0.25, 0.3) is 0 Å². The molecule has 1 aromatic carbocycles. The number of benzene rings is 1. The Morgan fingerprint density at radius 1 is 1.33 bits per heavy atom. The first-order valence-corrected chi connectivity index (χ1v) is 7.38. The molecule has 0 bridgehead atoms. The third-order valence-corrected chi connectivity index (χ3v) is 2.94. The van der Waals surface area contributed by atoms with Crippen molar-refractivity contribution in [1.82, 2.24) is 5.32 Å². The molecule has 5 heteroatoms. The zero-order valence-electron chi connectivity index (χ0n) is 12.8. The van der Waals surface area contributed by atoms with E-state index in [9.17, 15) is 9.90 Å². The van der Waals surface area contributed by atoms with Crippen molar-refractivity contribution in [2.24, 2.45) is 11.7 Å². The topological polar surface area (TPSA) is 84.6 Å². The second-order valence-electron chi connectivity index (χ2n) is 5.59. The van der Waals surface area contributed by atoms with Gasteiger partial charge >= 0.3 is 0 Å². The van der Waals surface area contributed by atoms with Crippen LogP contribution in [0.25, 0.3) is 0 Å². The van der Waals surface area contributed by atoms with Crippen LogP contribution in [-0.4, -0.2) is 36.8 Å². The average molecular weight is 294 g/mol. The number of ether oxygens (including phenoxy) is 1. The molecule has 0 aliphatic rings. The van der Waals surface area contributed by atoms with E-state index in [1.807, 2.05) is 0 Å². The summed E-state index contributed by atoms with van der Waals surface area (Å²) in [5, 5.41) is 12.0. The van der Waals surface area contributed by atoms with E-state index in [2.05, 4.69) is 19.2 Å². The molecule has 0 saturated heterocycles. The van der Waals surface area contributed by atoms with Gasteiger partial charge in [-0.15, -0.1) is 0 Å². The minimum absolute atomic E-state index is 0.160. The highest BCUT2D eigenvalue weighted by Crippen LogP contribution is 2.10. The number of nitrogens with one attached hydrogen (secondary N) is 1. The molecule has 118 valence electrons. The Bertz CT molecular complexity index is 418. The number of nitrogens with two attached hydrogens (primary N) is 1. The van der Waals surface area contributed by atoms with Crippen molar-refractivity contribution in [3.05, 3.63) is 29.8 Å². The van der Waals surface area contributed by atoms with Gasteiger partial charge in [0.2, 0.25) is 5.91 Å². The molecule has 0 aliphatic heterocycles. The maximum absolute atomic E-state index is 11.8. The average Bonchev–Trinajstić information content (AvgIpc) is 2.44. The second-order valence-corrected chi connectivity index (χ2v) is 5.59. The SMILES string of the molecule is CC(C)COCCCNC(=O)[C@@H](N)Cc1ccc(O)cc1. The van der Waals surface area contributed by atoms with E-state index < -0.39 is 6.04 Å². The Labute approximate surface area is 126 Å². The molecule has 0 fully saturated rings. The summed E-state index contributed by atoms with van der Waals surface area (Å²) in [5.41, 5.74) is 6.79. The quantitative estimate of drug-likeness (QED) is 0.602. The van der Waals surface area contributed by atoms with Gasteiger partial charge < -0.3 is 20.9 Å². The normalized spacial score (nSPS) is 12.4. The summed E-state index contributed by atoms with van der Waals surface area (Å²) in [6.07, 6.45) is 1.24. The highest BCUT2D eigenvalue weighted by atomic mass is 16.5. The fourth-order valence-electron chi connectivity index (χ4n) is 1.81. The van der Waals surface area contributed by atoms with Crippen LogP contribution in [0.3, 0.4) is 0 Å². The monoisotopic (exact) mass is 294 g/mol. The number of amides is 1. The number of phenolic OH excluding ortho intramolecular Hbond substituents is 1. The van der Waals surface area contributed by atoms with Crippen LogP contribution in [0.15, 0.2) is 24.3 Å². The molecule has 4 N–H and O–H groups in total. The van der Waals surface area contributed by atoms with Crippen molar-refractivity contribution in [3.63, 3.8) is 0 Å². The standard InChI is InChI=1S/C16H26N2O3/c1-12(2)11-21-9-3-8-18-16(20)15(17)10-13-4-6-14(19)7-5-13/h4-7,12,15,19H,3,8-11,17H2,1-2H3,(H,18,20)/t15-/m0/s1. The molecular weight excluding hydrogens is 268 g/mol. The van der Waals surface area contributed by atoms with Gasteiger partial charge in [0.05, 0.1) is 6.04 Å². The summed E-state index contributed by atoms with van der Waals surface area (Å²) in [4.78, 5) is 11.8. The van der Waals surface area contributed by atoms with Gasteiger partial charge in [-0.05, 0) is 36.5 Å². The van der Waals surface area contributed by atoms with Crippen molar-refractivity contribution in [2.45, 2.75) is 32.7 Å². The van der Waals surface area contributed by atoms with E-state index in [4.69, 9.17) is 10.5 Å². The number of hydrogen-bond acceptors (Lipinski definition) is 4. The Kier molecular flexibility index (Phi) is 7.79. The van der Waals surface area contributed by atoms with Crippen molar-refractivity contribution >= 4 is 5.91 Å². The van der Waals surface area contributed by atoms with Crippen molar-refractivity contribution < 1.29 is 14.6 Å². The summed E-state index contributed by atoms with van der Waals surface area (Å²) >= 11 is 0. The van der Waals surface area contributed by atoms with Crippen molar-refractivity contribution in [1.29, 1.82) is 0 Å². The third-order valence-electron chi connectivity index (χ3n) is 2.94. The van der Waals surface area contributed by atoms with E-state index >= 15 is 0 Å². The molecule has 0 radical (unpaired) electrons. The predicted octanol–water partition coefficient (Wildman–Crippen LogP) is 1.44. The van der Waals surface area contributed by atoms with Gasteiger partial charge in [-0.3, -0.25) is 4.79 Å². The summed E-state index contributed by atoms with van der Waals surface area (Å²) in [6.45, 7) is 6.16. The van der Waals surface area contributed by atoms with E-state index in [1.165, 1.54) is 0 Å². The fourth-order valence-corrected chi connectivity index (χ4v) is 1.81. The van der Waals surface area contributed by atoms with Gasteiger partial charge in [-0.25, -0.2) is 0 Å². The Morgan fingerprint density at radius 2 is 2.00 bits per heavy atom. The minimum Gasteiger partial charge on any atom is -0.508 e. The van der Waals surface area contributed by atoms with Gasteiger partial charge in [0.1, 0.15) is 5.75 Å². The Balaban J connectivity index is 2.18. The highest BCUT2D eigenvalue weighted by molar-refractivity contribution is 5.81. The number of rotatable bonds is 9. The van der Waals surface area contributed by atoms with Crippen LogP contribution in [-0.2, 0) is 16.0 Å². The summed E-state index contributed by atoms with van der Waals surface area (Å²) < 4.78 is 5.44. The van der Waals surface area contributed by atoms with E-state index in [0.717, 1.165) is 18.6 Å². The Hall–Kier alpha value is -1.59. The zero-order valence-corrected chi connectivity index (χ0v) is 12.8. The molecule has 1 amide bonds. The fraction of sp³-hybridized carbons (Fsp3) is 0.562. The molecule has 5 nitrogen and oxygen atoms in total. The number of carbonyl (C=O) groups is 1. The lowest BCUT2D eigenvalue weighted by molar-refractivity contribution is -0.122. The number of carbonyl (C=O) groups excluding carboxylic acids is 1. The summed E-state index contributed by atoms with van der Waals surface area (Å²) in [6, 6.07) is 6.13. The maximum Gasteiger partial charge on any atom is 0.237 e. The van der Waals surface area contributed by atoms with Gasteiger partial charge in [0, 0.05) is 19.8 Å². The maximum atomic E-state index is 11.8. The molecule has 1 atom stereocenters. The van der Waals surface area contributed by atoms with Crippen LogP contribution in [0, 0.1) is 5.92 Å². The first-order chi connectivity index (χ1) is 9.99. The minimum atomic E-state index is -0.578. The lowest BCUT2D eigenvalue weighted by Gasteiger charge is -2.13. The molecule has 1 rings (SSSR count). The molecule has 0 aromatic heterocycles. The van der Waals surface area contributed by atoms with Crippen LogP contribution in [0.1, 0.15) is 25.8 Å². The predicted molar refractivity (Wildman–Crippen MR) is 83.1 cm³/mol. The first-order valence-electron chi connectivity index (χ1n) is 7.38. The molecule has 1 aromatic rings. The largest absolute Gasteiger partial charge is 0.508 e. The molecule has 0 unspecified atom stereocenters. The van der Waals surface area contributed by atoms with E-state index in [1.54, 1.807) is 24.3 Å². The summed E-state index contributed by atoms with van der Waals surface area (Å²) in [7, 11) is 0. The van der Waals surface area contributed by atoms with E-state index in [-0.39, 0.29) is 11.7 Å². The number of aromatic hydroxyl groups is 1. The van der Waals surface area contributed by atoms with Gasteiger partial charge in [-0.2, -0.15) is 0 Å². The Morgan fingerprint density at radius 3 is 2.62 bits per heavy atom. The first kappa shape index (κ1) is 17.5. The van der Waals surface area contributed by atoms with Crippen LogP contribution in [0.5, 0.6) is 5.75 Å². The molecule has 0 aliphatic carbocycles. The lowest BCUT2D eigenvalue weighted by Crippen LogP contribution is -2.42. The molecular formula is C16H26N2O3. The van der Waals surface area contributed by atoms with Crippen LogP contribution >= 0.6 is 0 Å². The van der Waals surface area contributed by atoms with Crippen LogP contribution < -0.4 is 11.1 Å². The smallest absolute Gasteiger partial charge is 0.237 e. The molecule has 0 heterocycles. The van der Waals surface area contributed by atoms with Crippen molar-refractivity contribution in [3.8, 4) is 5.75 Å². The van der Waals surface area contributed by atoms with Gasteiger partial charge in [-0.1, -0.05) is 26.0 Å². The molecule has 21 heavy (non-hydrogen) atoms. The summed E-state index contributed by atoms with van der Waals surface area (Å²) in [5.74, 6) is 0.573. The lowest BCUT2D eigenvalue weighted by atomic mass is 10.1. The van der Waals surface area contributed by atoms with E-state index in [0.29, 0.717) is 25.5 Å². The van der Waals surface area contributed by atoms with Crippen LogP contribution in [0.4, 0.5) is 0 Å². The van der Waals surface area contributed by atoms with Crippen LogP contribution in [0.2, 0.25) is 0 Å².